The summed E-state index contributed by atoms with van der Waals surface area (Å²) < 4.78 is 16.8. The zero-order valence-electron chi connectivity index (χ0n) is 19.2. The number of hydrogen-bond acceptors (Lipinski definition) is 7. The van der Waals surface area contributed by atoms with E-state index in [1.165, 1.54) is 0 Å². The van der Waals surface area contributed by atoms with Crippen LogP contribution in [0.2, 0.25) is 0 Å². The van der Waals surface area contributed by atoms with Crippen molar-refractivity contribution >= 4 is 17.5 Å². The zero-order valence-corrected chi connectivity index (χ0v) is 19.2. The SMILES string of the molecule is CCOC(=O)C1=C(COCCN2CCOCC2)N=C2CC(C)(C)CC(=O)C2C1C1CC1. The second-order valence-corrected chi connectivity index (χ2v) is 10.0. The number of ketones is 1. The molecule has 4 rings (SSSR count). The highest BCUT2D eigenvalue weighted by atomic mass is 16.5. The van der Waals surface area contributed by atoms with Crippen molar-refractivity contribution in [2.45, 2.75) is 46.5 Å². The van der Waals surface area contributed by atoms with Crippen LogP contribution < -0.4 is 0 Å². The second-order valence-electron chi connectivity index (χ2n) is 10.0. The highest BCUT2D eigenvalue weighted by molar-refractivity contribution is 6.11. The smallest absolute Gasteiger partial charge is 0.336 e. The van der Waals surface area contributed by atoms with Crippen LogP contribution in [0.4, 0.5) is 0 Å². The van der Waals surface area contributed by atoms with Crippen molar-refractivity contribution in [3.05, 3.63) is 11.3 Å². The Hall–Kier alpha value is -1.57. The van der Waals surface area contributed by atoms with Crippen LogP contribution in [-0.4, -0.2) is 75.0 Å². The summed E-state index contributed by atoms with van der Waals surface area (Å²) in [7, 11) is 0. The molecule has 2 saturated carbocycles. The number of ether oxygens (including phenoxy) is 3. The summed E-state index contributed by atoms with van der Waals surface area (Å²) >= 11 is 0. The number of rotatable bonds is 8. The van der Waals surface area contributed by atoms with Crippen molar-refractivity contribution in [2.75, 3.05) is 52.7 Å². The molecule has 0 aromatic carbocycles. The van der Waals surface area contributed by atoms with Crippen molar-refractivity contribution in [3.8, 4) is 0 Å². The van der Waals surface area contributed by atoms with Crippen molar-refractivity contribution in [1.29, 1.82) is 0 Å². The molecule has 3 fully saturated rings. The molecule has 0 radical (unpaired) electrons. The Labute approximate surface area is 185 Å². The average Bonchev–Trinajstić information content (AvgIpc) is 3.55. The molecular weight excluding hydrogens is 396 g/mol. The van der Waals surface area contributed by atoms with Gasteiger partial charge in [-0.3, -0.25) is 14.7 Å². The van der Waals surface area contributed by atoms with E-state index in [0.717, 1.165) is 57.8 Å². The van der Waals surface area contributed by atoms with Crippen LogP contribution in [0.1, 0.15) is 46.5 Å². The van der Waals surface area contributed by atoms with Crippen LogP contribution in [0.25, 0.3) is 0 Å². The van der Waals surface area contributed by atoms with Crippen molar-refractivity contribution in [1.82, 2.24) is 4.90 Å². The first-order valence-electron chi connectivity index (χ1n) is 11.8. The number of aliphatic imine (C=N–C) groups is 1. The highest BCUT2D eigenvalue weighted by Gasteiger charge is 2.52. The fraction of sp³-hybridized carbons (Fsp3) is 0.792. The summed E-state index contributed by atoms with van der Waals surface area (Å²) in [5.41, 5.74) is 2.12. The molecule has 2 atom stereocenters. The van der Waals surface area contributed by atoms with Gasteiger partial charge in [-0.05, 0) is 37.5 Å². The Bertz CT molecular complexity index is 762. The van der Waals surface area contributed by atoms with Gasteiger partial charge in [0, 0.05) is 37.7 Å². The fourth-order valence-corrected chi connectivity index (χ4v) is 5.26. The molecule has 0 amide bonds. The van der Waals surface area contributed by atoms with Crippen molar-refractivity contribution < 1.29 is 23.8 Å². The lowest BCUT2D eigenvalue weighted by Crippen LogP contribution is -2.46. The summed E-state index contributed by atoms with van der Waals surface area (Å²) in [4.78, 5) is 33.4. The minimum atomic E-state index is -0.327. The van der Waals surface area contributed by atoms with Crippen LogP contribution in [0.5, 0.6) is 0 Å². The Morgan fingerprint density at radius 3 is 2.65 bits per heavy atom. The number of Topliss-reactive ketones (excluding diaryl/α,β-unsaturated/α-hetero) is 1. The van der Waals surface area contributed by atoms with Crippen LogP contribution >= 0.6 is 0 Å². The maximum absolute atomic E-state index is 13.2. The van der Waals surface area contributed by atoms with Gasteiger partial charge in [-0.2, -0.15) is 0 Å². The van der Waals surface area contributed by atoms with Gasteiger partial charge in [0.2, 0.25) is 0 Å². The predicted octanol–water partition coefficient (Wildman–Crippen LogP) is 2.64. The van der Waals surface area contributed by atoms with E-state index in [0.29, 0.717) is 36.8 Å². The van der Waals surface area contributed by atoms with E-state index >= 15 is 0 Å². The third-order valence-electron chi connectivity index (χ3n) is 6.82. The van der Waals surface area contributed by atoms with E-state index in [-0.39, 0.29) is 35.6 Å². The van der Waals surface area contributed by atoms with Gasteiger partial charge in [-0.15, -0.1) is 0 Å². The molecule has 2 aliphatic carbocycles. The van der Waals surface area contributed by atoms with Gasteiger partial charge in [0.15, 0.2) is 0 Å². The molecule has 172 valence electrons. The molecular formula is C24H36N2O5. The van der Waals surface area contributed by atoms with E-state index < -0.39 is 0 Å². The molecule has 2 unspecified atom stereocenters. The van der Waals surface area contributed by atoms with Crippen LogP contribution in [0.3, 0.4) is 0 Å². The molecule has 1 saturated heterocycles. The molecule has 31 heavy (non-hydrogen) atoms. The lowest BCUT2D eigenvalue weighted by molar-refractivity contribution is -0.139. The first kappa shape index (κ1) is 22.6. The monoisotopic (exact) mass is 432 g/mol. The molecule has 0 spiro atoms. The largest absolute Gasteiger partial charge is 0.463 e. The van der Waals surface area contributed by atoms with Gasteiger partial charge in [0.05, 0.1) is 50.2 Å². The third-order valence-corrected chi connectivity index (χ3v) is 6.82. The summed E-state index contributed by atoms with van der Waals surface area (Å²) in [5, 5.41) is 0. The lowest BCUT2D eigenvalue weighted by Gasteiger charge is -2.41. The standard InChI is InChI=1S/C24H36N2O5/c1-4-31-23(28)22-18(15-30-12-9-26-7-10-29-11-8-26)25-17-13-24(2,3)14-19(27)21(17)20(22)16-5-6-16/h16,20-21H,4-15H2,1-3H3. The Kier molecular flexibility index (Phi) is 6.94. The summed E-state index contributed by atoms with van der Waals surface area (Å²) in [6, 6.07) is 0. The summed E-state index contributed by atoms with van der Waals surface area (Å²) in [6.07, 6.45) is 3.44. The minimum Gasteiger partial charge on any atom is -0.463 e. The predicted molar refractivity (Wildman–Crippen MR) is 117 cm³/mol. The number of carbonyl (C=O) groups is 2. The minimum absolute atomic E-state index is 0.0930. The molecule has 0 aromatic heterocycles. The van der Waals surface area contributed by atoms with E-state index in [2.05, 4.69) is 18.7 Å². The van der Waals surface area contributed by atoms with Gasteiger partial charge in [-0.25, -0.2) is 4.79 Å². The highest BCUT2D eigenvalue weighted by Crippen LogP contribution is 2.51. The molecule has 2 heterocycles. The topological polar surface area (TPSA) is 77.4 Å². The lowest BCUT2D eigenvalue weighted by atomic mass is 9.63. The number of esters is 1. The molecule has 0 aromatic rings. The molecule has 0 bridgehead atoms. The fourth-order valence-electron chi connectivity index (χ4n) is 5.26. The molecule has 7 nitrogen and oxygen atoms in total. The number of carbonyl (C=O) groups excluding carboxylic acids is 2. The molecule has 7 heteroatoms. The van der Waals surface area contributed by atoms with E-state index in [4.69, 9.17) is 19.2 Å². The van der Waals surface area contributed by atoms with Gasteiger partial charge < -0.3 is 14.2 Å². The third kappa shape index (κ3) is 5.26. The van der Waals surface area contributed by atoms with Crippen LogP contribution in [-0.2, 0) is 23.8 Å². The van der Waals surface area contributed by atoms with E-state index in [1.807, 2.05) is 6.92 Å². The Morgan fingerprint density at radius 1 is 1.23 bits per heavy atom. The number of hydrogen-bond donors (Lipinski definition) is 0. The maximum Gasteiger partial charge on any atom is 0.336 e. The number of nitrogens with zero attached hydrogens (tertiary/aromatic N) is 2. The van der Waals surface area contributed by atoms with Crippen LogP contribution in [0.15, 0.2) is 16.3 Å². The van der Waals surface area contributed by atoms with Gasteiger partial charge in [0.25, 0.3) is 0 Å². The first-order chi connectivity index (χ1) is 14.9. The van der Waals surface area contributed by atoms with E-state index in [1.54, 1.807) is 0 Å². The quantitative estimate of drug-likeness (QED) is 0.433. The Balaban J connectivity index is 1.55. The number of fused-ring (bicyclic) bond motifs is 1. The van der Waals surface area contributed by atoms with Crippen molar-refractivity contribution in [3.63, 3.8) is 0 Å². The van der Waals surface area contributed by atoms with Gasteiger partial charge >= 0.3 is 5.97 Å². The maximum atomic E-state index is 13.2. The zero-order chi connectivity index (χ0) is 22.0. The number of morpholine rings is 1. The normalized spacial score (nSPS) is 28.9. The van der Waals surface area contributed by atoms with E-state index in [9.17, 15) is 9.59 Å². The molecule has 0 N–H and O–H groups in total. The second kappa shape index (κ2) is 9.51. The Morgan fingerprint density at radius 2 is 1.97 bits per heavy atom. The average molecular weight is 433 g/mol. The van der Waals surface area contributed by atoms with Gasteiger partial charge in [-0.1, -0.05) is 13.8 Å². The van der Waals surface area contributed by atoms with Gasteiger partial charge in [0.1, 0.15) is 5.78 Å². The summed E-state index contributed by atoms with van der Waals surface area (Å²) in [6.45, 7) is 11.4. The first-order valence-corrected chi connectivity index (χ1v) is 11.8. The summed E-state index contributed by atoms with van der Waals surface area (Å²) in [5.74, 6) is -0.110. The van der Waals surface area contributed by atoms with Crippen LogP contribution in [0, 0.1) is 23.2 Å². The molecule has 4 aliphatic rings. The molecule has 2 aliphatic heterocycles. The van der Waals surface area contributed by atoms with Crippen molar-refractivity contribution in [2.24, 2.45) is 28.2 Å².